The Morgan fingerprint density at radius 1 is 1.52 bits per heavy atom. The lowest BCUT2D eigenvalue weighted by molar-refractivity contribution is -0.117. The van der Waals surface area contributed by atoms with Crippen LogP contribution in [-0.4, -0.2) is 33.7 Å². The van der Waals surface area contributed by atoms with Crippen LogP contribution >= 0.6 is 10.7 Å². The normalized spacial score (nSPS) is 18.6. The highest BCUT2D eigenvalue weighted by molar-refractivity contribution is 8.13. The first-order valence-electron chi connectivity index (χ1n) is 6.15. The molecule has 1 aromatic carbocycles. The summed E-state index contributed by atoms with van der Waals surface area (Å²) in [7, 11) is 3.04. The highest BCUT2D eigenvalue weighted by Crippen LogP contribution is 2.34. The molecular weight excluding hydrogens is 316 g/mol. The van der Waals surface area contributed by atoms with E-state index in [-0.39, 0.29) is 30.5 Å². The van der Waals surface area contributed by atoms with E-state index in [9.17, 15) is 13.2 Å². The Bertz CT molecular complexity index is 711. The molecule has 1 saturated heterocycles. The van der Waals surface area contributed by atoms with E-state index in [1.807, 2.05) is 6.07 Å². The molecule has 1 fully saturated rings. The maximum absolute atomic E-state index is 12.1. The molecule has 0 saturated carbocycles. The number of nitrogens with zero attached hydrogens (tertiary/aromatic N) is 2. The minimum atomic E-state index is -3.64. The summed E-state index contributed by atoms with van der Waals surface area (Å²) in [5.41, 5.74) is 0.943. The first-order chi connectivity index (χ1) is 9.84. The van der Waals surface area contributed by atoms with Crippen molar-refractivity contribution >= 4 is 31.3 Å². The fraction of sp³-hybridized carbons (Fsp3) is 0.385. The smallest absolute Gasteiger partial charge is 0.232 e. The van der Waals surface area contributed by atoms with E-state index in [0.717, 1.165) is 0 Å². The molecule has 1 atom stereocenters. The molecule has 1 aromatic rings. The molecule has 0 spiro atoms. The number of halogens is 1. The lowest BCUT2D eigenvalue weighted by Crippen LogP contribution is -2.25. The van der Waals surface area contributed by atoms with Crippen LogP contribution in [-0.2, 0) is 13.8 Å². The van der Waals surface area contributed by atoms with Crippen LogP contribution in [0.25, 0.3) is 0 Å². The number of ether oxygens (including phenoxy) is 1. The predicted octanol–water partition coefficient (Wildman–Crippen LogP) is 1.49. The molecule has 1 aliphatic heterocycles. The molecule has 8 heteroatoms. The van der Waals surface area contributed by atoms with E-state index in [0.29, 0.717) is 17.0 Å². The minimum absolute atomic E-state index is 0.120. The molecule has 1 aliphatic rings. The number of amides is 1. The van der Waals surface area contributed by atoms with Gasteiger partial charge in [-0.1, -0.05) is 0 Å². The van der Waals surface area contributed by atoms with Gasteiger partial charge in [-0.2, -0.15) is 5.26 Å². The van der Waals surface area contributed by atoms with Crippen LogP contribution in [0.4, 0.5) is 5.69 Å². The predicted molar refractivity (Wildman–Crippen MR) is 77.8 cm³/mol. The first kappa shape index (κ1) is 15.6. The number of anilines is 1. The number of carbonyl (C=O) groups excluding carboxylic acids is 1. The third kappa shape index (κ3) is 3.65. The Hall–Kier alpha value is -1.78. The number of rotatable bonds is 4. The van der Waals surface area contributed by atoms with Gasteiger partial charge in [-0.25, -0.2) is 8.42 Å². The van der Waals surface area contributed by atoms with Gasteiger partial charge in [-0.3, -0.25) is 4.79 Å². The van der Waals surface area contributed by atoms with Crippen molar-refractivity contribution in [1.82, 2.24) is 0 Å². The summed E-state index contributed by atoms with van der Waals surface area (Å²) in [5, 5.41) is 8.87. The van der Waals surface area contributed by atoms with E-state index >= 15 is 0 Å². The lowest BCUT2D eigenvalue weighted by Gasteiger charge is -2.19. The van der Waals surface area contributed by atoms with E-state index in [1.165, 1.54) is 18.1 Å². The number of hydrogen-bond acceptors (Lipinski definition) is 5. The Morgan fingerprint density at radius 3 is 2.81 bits per heavy atom. The molecule has 112 valence electrons. The van der Waals surface area contributed by atoms with Gasteiger partial charge in [0.25, 0.3) is 0 Å². The van der Waals surface area contributed by atoms with Crippen molar-refractivity contribution in [2.24, 2.45) is 5.92 Å². The minimum Gasteiger partial charge on any atom is -0.495 e. The van der Waals surface area contributed by atoms with E-state index < -0.39 is 9.05 Å². The average Bonchev–Trinajstić information content (AvgIpc) is 2.76. The maximum atomic E-state index is 12.1. The van der Waals surface area contributed by atoms with Crippen molar-refractivity contribution in [3.63, 3.8) is 0 Å². The third-order valence-corrected chi connectivity index (χ3v) is 4.49. The fourth-order valence-corrected chi connectivity index (χ4v) is 3.70. The van der Waals surface area contributed by atoms with Gasteiger partial charge in [0, 0.05) is 35.6 Å². The highest BCUT2D eigenvalue weighted by atomic mass is 35.7. The second kappa shape index (κ2) is 5.92. The molecule has 1 unspecified atom stereocenters. The van der Waals surface area contributed by atoms with Crippen molar-refractivity contribution in [2.45, 2.75) is 6.42 Å². The summed E-state index contributed by atoms with van der Waals surface area (Å²) in [6.45, 7) is 0.257. The third-order valence-electron chi connectivity index (χ3n) is 3.24. The standard InChI is InChI=1S/C13H13ClN2O4S/c1-20-12-4-9(6-15)2-3-11(12)16-7-10(5-13(16)17)8-21(14,18)19/h2-4,10H,5,7-8H2,1H3. The molecule has 0 bridgehead atoms. The van der Waals surface area contributed by atoms with Gasteiger partial charge in [0.1, 0.15) is 5.75 Å². The molecule has 0 N–H and O–H groups in total. The molecular formula is C13H13ClN2O4S. The summed E-state index contributed by atoms with van der Waals surface area (Å²) in [5.74, 6) is -0.379. The van der Waals surface area contributed by atoms with Crippen LogP contribution in [0.3, 0.4) is 0 Å². The average molecular weight is 329 g/mol. The van der Waals surface area contributed by atoms with Crippen LogP contribution in [0.5, 0.6) is 5.75 Å². The van der Waals surface area contributed by atoms with E-state index in [1.54, 1.807) is 12.1 Å². The number of benzene rings is 1. The van der Waals surface area contributed by atoms with Crippen LogP contribution in [0.1, 0.15) is 12.0 Å². The van der Waals surface area contributed by atoms with Gasteiger partial charge in [0.2, 0.25) is 15.0 Å². The van der Waals surface area contributed by atoms with E-state index in [2.05, 4.69) is 0 Å². The van der Waals surface area contributed by atoms with Gasteiger partial charge >= 0.3 is 0 Å². The molecule has 6 nitrogen and oxygen atoms in total. The number of carbonyl (C=O) groups is 1. The monoisotopic (exact) mass is 328 g/mol. The first-order valence-corrected chi connectivity index (χ1v) is 8.62. The Morgan fingerprint density at radius 2 is 2.24 bits per heavy atom. The second-order valence-electron chi connectivity index (χ2n) is 4.78. The molecule has 0 radical (unpaired) electrons. The Kier molecular flexibility index (Phi) is 4.40. The number of hydrogen-bond donors (Lipinski definition) is 0. The van der Waals surface area contributed by atoms with E-state index in [4.69, 9.17) is 20.7 Å². The summed E-state index contributed by atoms with van der Waals surface area (Å²) < 4.78 is 27.4. The Labute approximate surface area is 127 Å². The zero-order valence-corrected chi connectivity index (χ0v) is 12.8. The highest BCUT2D eigenvalue weighted by Gasteiger charge is 2.34. The summed E-state index contributed by atoms with van der Waals surface area (Å²) in [6.07, 6.45) is 0.120. The van der Waals surface area contributed by atoms with Gasteiger partial charge < -0.3 is 9.64 Å². The summed E-state index contributed by atoms with van der Waals surface area (Å²) in [6, 6.07) is 6.72. The fourth-order valence-electron chi connectivity index (χ4n) is 2.38. The topological polar surface area (TPSA) is 87.5 Å². The lowest BCUT2D eigenvalue weighted by atomic mass is 10.1. The van der Waals surface area contributed by atoms with Crippen LogP contribution < -0.4 is 9.64 Å². The van der Waals surface area contributed by atoms with Crippen molar-refractivity contribution in [3.05, 3.63) is 23.8 Å². The van der Waals surface area contributed by atoms with Crippen molar-refractivity contribution in [3.8, 4) is 11.8 Å². The molecule has 1 amide bonds. The largest absolute Gasteiger partial charge is 0.495 e. The van der Waals surface area contributed by atoms with Crippen LogP contribution in [0.15, 0.2) is 18.2 Å². The summed E-state index contributed by atoms with van der Waals surface area (Å²) >= 11 is 0. The SMILES string of the molecule is COc1cc(C#N)ccc1N1CC(CS(=O)(=O)Cl)CC1=O. The second-order valence-corrected chi connectivity index (χ2v) is 7.60. The zero-order valence-electron chi connectivity index (χ0n) is 11.2. The van der Waals surface area contributed by atoms with Crippen LogP contribution in [0.2, 0.25) is 0 Å². The van der Waals surface area contributed by atoms with Crippen molar-refractivity contribution in [2.75, 3.05) is 24.3 Å². The molecule has 0 aliphatic carbocycles. The van der Waals surface area contributed by atoms with Crippen molar-refractivity contribution in [1.29, 1.82) is 5.26 Å². The zero-order chi connectivity index (χ0) is 15.6. The van der Waals surface area contributed by atoms with Gasteiger partial charge in [0.15, 0.2) is 0 Å². The quantitative estimate of drug-likeness (QED) is 0.781. The number of nitriles is 1. The Balaban J connectivity index is 2.27. The molecule has 21 heavy (non-hydrogen) atoms. The molecule has 1 heterocycles. The van der Waals surface area contributed by atoms with Gasteiger partial charge in [0.05, 0.1) is 30.2 Å². The van der Waals surface area contributed by atoms with Crippen molar-refractivity contribution < 1.29 is 17.9 Å². The molecule has 2 rings (SSSR count). The molecule has 0 aromatic heterocycles. The van der Waals surface area contributed by atoms with Gasteiger partial charge in [-0.15, -0.1) is 0 Å². The maximum Gasteiger partial charge on any atom is 0.232 e. The number of methoxy groups -OCH3 is 1. The van der Waals surface area contributed by atoms with Gasteiger partial charge in [-0.05, 0) is 12.1 Å². The van der Waals surface area contributed by atoms with Crippen LogP contribution in [0, 0.1) is 17.2 Å². The summed E-state index contributed by atoms with van der Waals surface area (Å²) in [4.78, 5) is 13.5.